The summed E-state index contributed by atoms with van der Waals surface area (Å²) in [5.74, 6) is 0. The average molecular weight is 181 g/mol. The second-order valence-electron chi connectivity index (χ2n) is 1.99. The van der Waals surface area contributed by atoms with Gasteiger partial charge in [-0.1, -0.05) is 0 Å². The van der Waals surface area contributed by atoms with Crippen molar-refractivity contribution >= 4 is 11.4 Å². The van der Waals surface area contributed by atoms with Gasteiger partial charge in [-0.3, -0.25) is 4.99 Å². The normalized spacial score (nSPS) is 14.8. The first kappa shape index (κ1) is 10.9. The fourth-order valence-corrected chi connectivity index (χ4v) is 0.714. The molecule has 0 amide bonds. The van der Waals surface area contributed by atoms with Crippen LogP contribution >= 0.6 is 0 Å². The lowest BCUT2D eigenvalue weighted by atomic mass is 10.2. The quantitative estimate of drug-likeness (QED) is 0.504. The lowest BCUT2D eigenvalue weighted by Gasteiger charge is -2.08. The summed E-state index contributed by atoms with van der Waals surface area (Å²) in [7, 11) is 2.50. The van der Waals surface area contributed by atoms with E-state index < -0.39 is 11.9 Å². The van der Waals surface area contributed by atoms with Crippen molar-refractivity contribution in [3.8, 4) is 0 Å². The molecule has 6 heteroatoms. The molecular weight excluding hydrogens is 171 g/mol. The van der Waals surface area contributed by atoms with Crippen molar-refractivity contribution in [3.63, 3.8) is 0 Å². The first-order valence-electron chi connectivity index (χ1n) is 3.18. The Morgan fingerprint density at radius 1 is 1.33 bits per heavy atom. The van der Waals surface area contributed by atoms with Crippen LogP contribution < -0.4 is 5.43 Å². The number of hydrogen-bond acceptors (Lipinski definition) is 3. The van der Waals surface area contributed by atoms with Gasteiger partial charge in [0.2, 0.25) is 0 Å². The highest BCUT2D eigenvalue weighted by Crippen LogP contribution is 2.17. The molecule has 0 saturated carbocycles. The molecule has 0 fully saturated rings. The minimum Gasteiger partial charge on any atom is -0.313 e. The van der Waals surface area contributed by atoms with Crippen LogP contribution in [0.1, 0.15) is 6.92 Å². The van der Waals surface area contributed by atoms with Crippen LogP contribution in [-0.2, 0) is 0 Å². The van der Waals surface area contributed by atoms with E-state index in [1.165, 1.54) is 14.0 Å². The van der Waals surface area contributed by atoms with Crippen LogP contribution in [0.25, 0.3) is 0 Å². The van der Waals surface area contributed by atoms with E-state index in [0.29, 0.717) is 0 Å². The third kappa shape index (κ3) is 2.89. The Labute approximate surface area is 68.4 Å². The molecule has 1 N–H and O–H groups in total. The number of hydrazone groups is 1. The molecule has 0 spiro atoms. The fraction of sp³-hybridized carbons (Fsp3) is 0.667. The molecular formula is C6H10F3N3. The van der Waals surface area contributed by atoms with Crippen LogP contribution in [0.2, 0.25) is 0 Å². The lowest BCUT2D eigenvalue weighted by molar-refractivity contribution is -0.0567. The van der Waals surface area contributed by atoms with Crippen LogP contribution in [-0.4, -0.2) is 31.7 Å². The van der Waals surface area contributed by atoms with Crippen molar-refractivity contribution in [2.75, 3.05) is 14.1 Å². The molecule has 0 aromatic carbocycles. The minimum absolute atomic E-state index is 0.174. The maximum absolute atomic E-state index is 12.1. The number of alkyl halides is 3. The summed E-state index contributed by atoms with van der Waals surface area (Å²) in [5.41, 5.74) is 1.13. The fourth-order valence-electron chi connectivity index (χ4n) is 0.714. The summed E-state index contributed by atoms with van der Waals surface area (Å²) >= 11 is 0. The molecule has 70 valence electrons. The Bertz CT molecular complexity index is 205. The van der Waals surface area contributed by atoms with Gasteiger partial charge in [0.25, 0.3) is 0 Å². The van der Waals surface area contributed by atoms with Gasteiger partial charge < -0.3 is 5.43 Å². The van der Waals surface area contributed by atoms with Gasteiger partial charge in [0, 0.05) is 14.1 Å². The maximum atomic E-state index is 12.1. The predicted molar refractivity (Wildman–Crippen MR) is 41.6 cm³/mol. The van der Waals surface area contributed by atoms with Gasteiger partial charge in [-0.2, -0.15) is 18.3 Å². The van der Waals surface area contributed by atoms with Crippen LogP contribution in [0.15, 0.2) is 10.1 Å². The van der Waals surface area contributed by atoms with E-state index in [4.69, 9.17) is 0 Å². The Kier molecular flexibility index (Phi) is 3.72. The van der Waals surface area contributed by atoms with E-state index in [1.54, 1.807) is 0 Å². The Balaban J connectivity index is 4.72. The topological polar surface area (TPSA) is 36.8 Å². The highest BCUT2D eigenvalue weighted by Gasteiger charge is 2.36. The van der Waals surface area contributed by atoms with Crippen molar-refractivity contribution in [3.05, 3.63) is 0 Å². The van der Waals surface area contributed by atoms with Gasteiger partial charge in [-0.15, -0.1) is 0 Å². The van der Waals surface area contributed by atoms with Crippen LogP contribution in [0.5, 0.6) is 0 Å². The average Bonchev–Trinajstić information content (AvgIpc) is 1.85. The Morgan fingerprint density at radius 3 is 2.08 bits per heavy atom. The summed E-state index contributed by atoms with van der Waals surface area (Å²) < 4.78 is 36.2. The van der Waals surface area contributed by atoms with E-state index in [2.05, 4.69) is 15.5 Å². The van der Waals surface area contributed by atoms with E-state index in [1.807, 2.05) is 0 Å². The standard InChI is InChI=1S/C6H10F3N3/c1-4(12-11-3)5(10-2)6(7,8)9/h11H,1-3H3/b10-5+,12-4-. The van der Waals surface area contributed by atoms with Gasteiger partial charge >= 0.3 is 6.18 Å². The zero-order chi connectivity index (χ0) is 9.78. The number of nitrogens with one attached hydrogen (secondary N) is 1. The summed E-state index contributed by atoms with van der Waals surface area (Å²) in [6.07, 6.45) is -4.43. The van der Waals surface area contributed by atoms with E-state index in [-0.39, 0.29) is 5.71 Å². The Morgan fingerprint density at radius 2 is 1.83 bits per heavy atom. The molecule has 0 bridgehead atoms. The third-order valence-electron chi connectivity index (χ3n) is 1.11. The number of hydrogen-bond donors (Lipinski definition) is 1. The maximum Gasteiger partial charge on any atom is 0.434 e. The molecule has 0 radical (unpaired) electrons. The smallest absolute Gasteiger partial charge is 0.313 e. The number of rotatable bonds is 2. The van der Waals surface area contributed by atoms with Crippen molar-refractivity contribution in [2.45, 2.75) is 13.1 Å². The van der Waals surface area contributed by atoms with Gasteiger partial charge in [-0.25, -0.2) is 0 Å². The van der Waals surface area contributed by atoms with Gasteiger partial charge in [0.15, 0.2) is 5.71 Å². The highest BCUT2D eigenvalue weighted by atomic mass is 19.4. The number of halogens is 3. The van der Waals surface area contributed by atoms with E-state index >= 15 is 0 Å². The second kappa shape index (κ2) is 4.08. The SMILES string of the molecule is C/N=C(\C(C)=N/NC)C(F)(F)F. The van der Waals surface area contributed by atoms with Crippen molar-refractivity contribution in [1.82, 2.24) is 5.43 Å². The Hall–Kier alpha value is -1.07. The molecule has 0 aliphatic rings. The van der Waals surface area contributed by atoms with Gasteiger partial charge in [0.05, 0.1) is 5.71 Å². The molecule has 0 heterocycles. The molecule has 0 aromatic heterocycles. The van der Waals surface area contributed by atoms with Gasteiger partial charge in [-0.05, 0) is 6.92 Å². The molecule has 0 saturated heterocycles. The summed E-state index contributed by atoms with van der Waals surface area (Å²) in [6.45, 7) is 1.24. The monoisotopic (exact) mass is 181 g/mol. The molecule has 12 heavy (non-hydrogen) atoms. The second-order valence-corrected chi connectivity index (χ2v) is 1.99. The zero-order valence-electron chi connectivity index (χ0n) is 7.03. The van der Waals surface area contributed by atoms with Gasteiger partial charge in [0.1, 0.15) is 0 Å². The summed E-state index contributed by atoms with van der Waals surface area (Å²) in [4.78, 5) is 3.10. The molecule has 0 rings (SSSR count). The molecule has 0 unspecified atom stereocenters. The lowest BCUT2D eigenvalue weighted by Crippen LogP contribution is -2.30. The number of aliphatic imine (C=N–C) groups is 1. The molecule has 0 aromatic rings. The van der Waals surface area contributed by atoms with Crippen molar-refractivity contribution < 1.29 is 13.2 Å². The molecule has 0 atom stereocenters. The van der Waals surface area contributed by atoms with Crippen molar-refractivity contribution in [1.29, 1.82) is 0 Å². The van der Waals surface area contributed by atoms with Crippen LogP contribution in [0, 0.1) is 0 Å². The summed E-state index contributed by atoms with van der Waals surface area (Å²) in [5, 5.41) is 3.38. The van der Waals surface area contributed by atoms with Crippen LogP contribution in [0.4, 0.5) is 13.2 Å². The van der Waals surface area contributed by atoms with E-state index in [0.717, 1.165) is 7.05 Å². The van der Waals surface area contributed by atoms with E-state index in [9.17, 15) is 13.2 Å². The largest absolute Gasteiger partial charge is 0.434 e. The zero-order valence-corrected chi connectivity index (χ0v) is 7.03. The number of nitrogens with zero attached hydrogens (tertiary/aromatic N) is 2. The van der Waals surface area contributed by atoms with Crippen molar-refractivity contribution in [2.24, 2.45) is 10.1 Å². The predicted octanol–water partition coefficient (Wildman–Crippen LogP) is 1.21. The highest BCUT2D eigenvalue weighted by molar-refractivity contribution is 6.43. The molecule has 0 aliphatic carbocycles. The summed E-state index contributed by atoms with van der Waals surface area (Å²) in [6, 6.07) is 0. The van der Waals surface area contributed by atoms with Crippen LogP contribution in [0.3, 0.4) is 0 Å². The first-order valence-corrected chi connectivity index (χ1v) is 3.18. The molecule has 0 aliphatic heterocycles. The minimum atomic E-state index is -4.43. The first-order chi connectivity index (χ1) is 5.43. The third-order valence-corrected chi connectivity index (χ3v) is 1.11. The molecule has 3 nitrogen and oxygen atoms in total.